The fourth-order valence-corrected chi connectivity index (χ4v) is 2.71. The molecule has 2 aromatic carbocycles. The molecule has 1 atom stereocenters. The summed E-state index contributed by atoms with van der Waals surface area (Å²) in [5.41, 5.74) is 4.41. The van der Waals surface area contributed by atoms with E-state index in [0.717, 1.165) is 11.1 Å². The third-order valence-corrected chi connectivity index (χ3v) is 4.11. The molecule has 0 saturated carbocycles. The van der Waals surface area contributed by atoms with Crippen molar-refractivity contribution in [3.8, 4) is 0 Å². The maximum Gasteiger partial charge on any atom is 0.0849 e. The zero-order chi connectivity index (χ0) is 13.3. The topological polar surface area (TPSA) is 0 Å². The van der Waals surface area contributed by atoms with Crippen LogP contribution >= 0.6 is 34.8 Å². The lowest BCUT2D eigenvalue weighted by Crippen LogP contribution is -1.96. The Morgan fingerprint density at radius 1 is 0.889 bits per heavy atom. The minimum atomic E-state index is -0.255. The quantitative estimate of drug-likeness (QED) is 0.602. The van der Waals surface area contributed by atoms with Crippen LogP contribution < -0.4 is 0 Å². The SMILES string of the molecule is Cc1ccc(C(Cl)c2ccc(Cl)cc2Cl)cc1C. The van der Waals surface area contributed by atoms with Crippen LogP contribution in [0.15, 0.2) is 36.4 Å². The normalized spacial score (nSPS) is 12.5. The third-order valence-electron chi connectivity index (χ3n) is 3.06. The molecule has 0 aliphatic rings. The summed E-state index contributed by atoms with van der Waals surface area (Å²) >= 11 is 18.5. The molecule has 0 aromatic heterocycles. The Balaban J connectivity index is 2.41. The summed E-state index contributed by atoms with van der Waals surface area (Å²) < 4.78 is 0. The van der Waals surface area contributed by atoms with E-state index in [-0.39, 0.29) is 5.38 Å². The first kappa shape index (κ1) is 13.7. The fourth-order valence-electron chi connectivity index (χ4n) is 1.81. The molecule has 1 unspecified atom stereocenters. The van der Waals surface area contributed by atoms with Gasteiger partial charge in [0.1, 0.15) is 0 Å². The highest BCUT2D eigenvalue weighted by Gasteiger charge is 2.14. The first-order valence-corrected chi connectivity index (χ1v) is 6.84. The summed E-state index contributed by atoms with van der Waals surface area (Å²) in [5, 5.41) is 0.961. The molecular formula is C15H13Cl3. The van der Waals surface area contributed by atoms with Crippen molar-refractivity contribution in [2.75, 3.05) is 0 Å². The van der Waals surface area contributed by atoms with Gasteiger partial charge in [-0.3, -0.25) is 0 Å². The number of benzene rings is 2. The molecule has 0 amide bonds. The summed E-state index contributed by atoms with van der Waals surface area (Å²) in [7, 11) is 0. The monoisotopic (exact) mass is 298 g/mol. The average molecular weight is 300 g/mol. The van der Waals surface area contributed by atoms with Gasteiger partial charge in [0, 0.05) is 10.0 Å². The first-order chi connectivity index (χ1) is 8.49. The Bertz CT molecular complexity index is 576. The Hall–Kier alpha value is -0.690. The first-order valence-electron chi connectivity index (χ1n) is 5.65. The van der Waals surface area contributed by atoms with Crippen molar-refractivity contribution in [1.82, 2.24) is 0 Å². The van der Waals surface area contributed by atoms with Gasteiger partial charge in [-0.1, -0.05) is 47.5 Å². The lowest BCUT2D eigenvalue weighted by Gasteiger charge is -2.14. The fraction of sp³-hybridized carbons (Fsp3) is 0.200. The molecule has 0 bridgehead atoms. The second-order valence-corrected chi connectivity index (χ2v) is 5.65. The van der Waals surface area contributed by atoms with Crippen LogP contribution in [0.3, 0.4) is 0 Å². The Labute approximate surface area is 122 Å². The van der Waals surface area contributed by atoms with E-state index in [2.05, 4.69) is 26.0 Å². The van der Waals surface area contributed by atoms with E-state index >= 15 is 0 Å². The Kier molecular flexibility index (Phi) is 4.21. The van der Waals surface area contributed by atoms with Crippen LogP contribution in [0.2, 0.25) is 10.0 Å². The zero-order valence-corrected chi connectivity index (χ0v) is 12.4. The molecular weight excluding hydrogens is 287 g/mol. The van der Waals surface area contributed by atoms with Crippen LogP contribution in [0.25, 0.3) is 0 Å². The molecule has 0 aliphatic carbocycles. The smallest absolute Gasteiger partial charge is 0.0849 e. The maximum atomic E-state index is 6.49. The number of hydrogen-bond acceptors (Lipinski definition) is 0. The predicted molar refractivity (Wildman–Crippen MR) is 80.1 cm³/mol. The van der Waals surface area contributed by atoms with Gasteiger partial charge in [0.25, 0.3) is 0 Å². The number of halogens is 3. The van der Waals surface area contributed by atoms with Crippen molar-refractivity contribution in [1.29, 1.82) is 0 Å². The highest BCUT2D eigenvalue weighted by molar-refractivity contribution is 6.36. The van der Waals surface area contributed by atoms with Gasteiger partial charge < -0.3 is 0 Å². The molecule has 0 aliphatic heterocycles. The van der Waals surface area contributed by atoms with E-state index in [4.69, 9.17) is 34.8 Å². The number of rotatable bonds is 2. The van der Waals surface area contributed by atoms with Gasteiger partial charge in [-0.05, 0) is 48.2 Å². The summed E-state index contributed by atoms with van der Waals surface area (Å²) in [5.74, 6) is 0. The van der Waals surface area contributed by atoms with Crippen molar-refractivity contribution in [3.63, 3.8) is 0 Å². The molecule has 0 saturated heterocycles. The van der Waals surface area contributed by atoms with Gasteiger partial charge in [0.2, 0.25) is 0 Å². The highest BCUT2D eigenvalue weighted by atomic mass is 35.5. The van der Waals surface area contributed by atoms with Gasteiger partial charge in [0.15, 0.2) is 0 Å². The van der Waals surface area contributed by atoms with E-state index in [9.17, 15) is 0 Å². The van der Waals surface area contributed by atoms with E-state index in [1.807, 2.05) is 12.1 Å². The van der Waals surface area contributed by atoms with Crippen molar-refractivity contribution >= 4 is 34.8 Å². The largest absolute Gasteiger partial charge is 0.113 e. The standard InChI is InChI=1S/C15H13Cl3/c1-9-3-4-11(7-10(9)2)15(18)13-6-5-12(16)8-14(13)17/h3-8,15H,1-2H3. The lowest BCUT2D eigenvalue weighted by atomic mass is 10.00. The molecule has 0 spiro atoms. The molecule has 18 heavy (non-hydrogen) atoms. The Morgan fingerprint density at radius 2 is 1.61 bits per heavy atom. The highest BCUT2D eigenvalue weighted by Crippen LogP contribution is 2.35. The van der Waals surface area contributed by atoms with Crippen molar-refractivity contribution in [2.24, 2.45) is 0 Å². The molecule has 94 valence electrons. The van der Waals surface area contributed by atoms with Crippen molar-refractivity contribution < 1.29 is 0 Å². The molecule has 2 rings (SSSR count). The number of alkyl halides is 1. The van der Waals surface area contributed by atoms with E-state index in [0.29, 0.717) is 10.0 Å². The molecule has 3 heteroatoms. The number of aryl methyl sites for hydroxylation is 2. The van der Waals surface area contributed by atoms with Crippen LogP contribution in [0.4, 0.5) is 0 Å². The molecule has 0 N–H and O–H groups in total. The van der Waals surface area contributed by atoms with Gasteiger partial charge in [0.05, 0.1) is 5.38 Å². The lowest BCUT2D eigenvalue weighted by molar-refractivity contribution is 1.12. The van der Waals surface area contributed by atoms with Gasteiger partial charge in [-0.25, -0.2) is 0 Å². The van der Waals surface area contributed by atoms with E-state index in [1.54, 1.807) is 12.1 Å². The molecule has 0 fully saturated rings. The Morgan fingerprint density at radius 3 is 2.22 bits per heavy atom. The van der Waals surface area contributed by atoms with Gasteiger partial charge >= 0.3 is 0 Å². The van der Waals surface area contributed by atoms with Crippen LogP contribution in [-0.2, 0) is 0 Å². The summed E-state index contributed by atoms with van der Waals surface area (Å²) in [6.07, 6.45) is 0. The van der Waals surface area contributed by atoms with Crippen LogP contribution in [-0.4, -0.2) is 0 Å². The minimum absolute atomic E-state index is 0.255. The molecule has 0 radical (unpaired) electrons. The van der Waals surface area contributed by atoms with E-state index < -0.39 is 0 Å². The molecule has 0 nitrogen and oxygen atoms in total. The van der Waals surface area contributed by atoms with Gasteiger partial charge in [-0.2, -0.15) is 0 Å². The molecule has 0 heterocycles. The maximum absolute atomic E-state index is 6.49. The second-order valence-electron chi connectivity index (χ2n) is 4.37. The summed E-state index contributed by atoms with van der Waals surface area (Å²) in [4.78, 5) is 0. The zero-order valence-electron chi connectivity index (χ0n) is 10.2. The summed E-state index contributed by atoms with van der Waals surface area (Å²) in [6, 6.07) is 11.6. The van der Waals surface area contributed by atoms with Crippen LogP contribution in [0.5, 0.6) is 0 Å². The predicted octanol–water partition coefficient (Wildman–Crippen LogP) is 5.94. The third kappa shape index (κ3) is 2.83. The number of hydrogen-bond donors (Lipinski definition) is 0. The van der Waals surface area contributed by atoms with Crippen molar-refractivity contribution in [3.05, 3.63) is 68.7 Å². The van der Waals surface area contributed by atoms with Crippen molar-refractivity contribution in [2.45, 2.75) is 19.2 Å². The second kappa shape index (κ2) is 5.52. The van der Waals surface area contributed by atoms with Crippen LogP contribution in [0, 0.1) is 13.8 Å². The van der Waals surface area contributed by atoms with Gasteiger partial charge in [-0.15, -0.1) is 11.6 Å². The average Bonchev–Trinajstić information content (AvgIpc) is 2.32. The van der Waals surface area contributed by atoms with Crippen LogP contribution in [0.1, 0.15) is 27.6 Å². The van der Waals surface area contributed by atoms with E-state index in [1.165, 1.54) is 11.1 Å². The minimum Gasteiger partial charge on any atom is -0.113 e. The molecule has 2 aromatic rings. The summed E-state index contributed by atoms with van der Waals surface area (Å²) in [6.45, 7) is 4.16.